The number of aryl methyl sites for hydroxylation is 1. The molecule has 0 radical (unpaired) electrons. The number of hydrogen-bond donors (Lipinski definition) is 2. The van der Waals surface area contributed by atoms with Crippen LogP contribution < -0.4 is 29.8 Å². The largest absolute Gasteiger partial charge is 0.493 e. The maximum absolute atomic E-state index is 13.4. The number of fused-ring (bicyclic) bond motifs is 2. The highest BCUT2D eigenvalue weighted by Gasteiger charge is 2.42. The Labute approximate surface area is 273 Å². The number of esters is 1. The number of anilines is 2. The van der Waals surface area contributed by atoms with E-state index in [0.29, 0.717) is 40.7 Å². The van der Waals surface area contributed by atoms with E-state index in [4.69, 9.17) is 18.9 Å². The van der Waals surface area contributed by atoms with Gasteiger partial charge >= 0.3 is 12.1 Å². The number of halogens is 3. The lowest BCUT2D eigenvalue weighted by molar-refractivity contribution is -0.189. The SMILES string of the molecule is COc1cc2nc(Nc3nc4ccc(OCCN5CCCC5CN5CCCC5)c(OC(=O)C(F)(F)F)c4c(=O)[nH]3)nc(C)c2cc1OC. The van der Waals surface area contributed by atoms with Crippen molar-refractivity contribution < 1.29 is 36.9 Å². The molecule has 256 valence electrons. The number of aromatic amines is 1. The number of methoxy groups -OCH3 is 2. The molecule has 2 N–H and O–H groups in total. The van der Waals surface area contributed by atoms with Gasteiger partial charge in [0.1, 0.15) is 12.0 Å². The molecule has 2 aliphatic rings. The van der Waals surface area contributed by atoms with Crippen molar-refractivity contribution in [1.82, 2.24) is 29.7 Å². The van der Waals surface area contributed by atoms with Gasteiger partial charge in [0, 0.05) is 30.6 Å². The van der Waals surface area contributed by atoms with Crippen LogP contribution in [0.3, 0.4) is 0 Å². The van der Waals surface area contributed by atoms with Crippen LogP contribution in [0.15, 0.2) is 29.1 Å². The minimum absolute atomic E-state index is 0.0484. The van der Waals surface area contributed by atoms with Gasteiger partial charge in [0.2, 0.25) is 11.9 Å². The summed E-state index contributed by atoms with van der Waals surface area (Å²) < 4.78 is 61.3. The summed E-state index contributed by atoms with van der Waals surface area (Å²) in [5.74, 6) is -2.38. The number of nitrogens with one attached hydrogen (secondary N) is 2. The van der Waals surface area contributed by atoms with Gasteiger partial charge < -0.3 is 23.8 Å². The summed E-state index contributed by atoms with van der Waals surface area (Å²) >= 11 is 0. The molecule has 1 unspecified atom stereocenters. The van der Waals surface area contributed by atoms with Crippen LogP contribution >= 0.6 is 0 Å². The van der Waals surface area contributed by atoms with Crippen molar-refractivity contribution in [3.63, 3.8) is 0 Å². The van der Waals surface area contributed by atoms with Gasteiger partial charge in [0.05, 0.1) is 30.9 Å². The molecule has 2 aliphatic heterocycles. The Morgan fingerprint density at radius 3 is 2.48 bits per heavy atom. The molecule has 4 aromatic rings. The van der Waals surface area contributed by atoms with Crippen LogP contribution in [-0.4, -0.2) is 101 Å². The summed E-state index contributed by atoms with van der Waals surface area (Å²) in [5.41, 5.74) is 0.191. The highest BCUT2D eigenvalue weighted by molar-refractivity contribution is 5.91. The second-order valence-electron chi connectivity index (χ2n) is 11.8. The minimum atomic E-state index is -5.31. The van der Waals surface area contributed by atoms with E-state index in [0.717, 1.165) is 39.0 Å². The maximum atomic E-state index is 13.4. The van der Waals surface area contributed by atoms with Gasteiger partial charge in [0.25, 0.3) is 5.56 Å². The van der Waals surface area contributed by atoms with E-state index in [9.17, 15) is 22.8 Å². The third kappa shape index (κ3) is 7.08. The molecule has 0 amide bonds. The van der Waals surface area contributed by atoms with E-state index in [1.807, 2.05) is 0 Å². The lowest BCUT2D eigenvalue weighted by Gasteiger charge is -2.28. The van der Waals surface area contributed by atoms with Crippen molar-refractivity contribution in [3.8, 4) is 23.0 Å². The molecule has 0 bridgehead atoms. The Morgan fingerprint density at radius 2 is 1.75 bits per heavy atom. The van der Waals surface area contributed by atoms with E-state index < -0.39 is 23.5 Å². The van der Waals surface area contributed by atoms with E-state index >= 15 is 0 Å². The van der Waals surface area contributed by atoms with E-state index in [-0.39, 0.29) is 35.2 Å². The lowest BCUT2D eigenvalue weighted by atomic mass is 10.1. The zero-order valence-corrected chi connectivity index (χ0v) is 26.8. The van der Waals surface area contributed by atoms with Gasteiger partial charge in [-0.1, -0.05) is 0 Å². The van der Waals surface area contributed by atoms with Gasteiger partial charge in [-0.2, -0.15) is 13.2 Å². The summed E-state index contributed by atoms with van der Waals surface area (Å²) in [7, 11) is 3.01. The van der Waals surface area contributed by atoms with Crippen LogP contribution in [0.25, 0.3) is 21.8 Å². The first kappa shape index (κ1) is 33.2. The fourth-order valence-corrected chi connectivity index (χ4v) is 6.31. The molecule has 2 fully saturated rings. The number of hydrogen-bond acceptors (Lipinski definition) is 12. The quantitative estimate of drug-likeness (QED) is 0.173. The molecule has 6 rings (SSSR count). The van der Waals surface area contributed by atoms with Crippen LogP contribution in [0.2, 0.25) is 0 Å². The number of rotatable bonds is 11. The van der Waals surface area contributed by atoms with Crippen molar-refractivity contribution in [2.24, 2.45) is 0 Å². The highest BCUT2D eigenvalue weighted by atomic mass is 19.4. The van der Waals surface area contributed by atoms with Crippen LogP contribution in [0.5, 0.6) is 23.0 Å². The monoisotopic (exact) mass is 671 g/mol. The summed E-state index contributed by atoms with van der Waals surface area (Å²) in [4.78, 5) is 45.8. The van der Waals surface area contributed by atoms with Gasteiger partial charge in [-0.3, -0.25) is 20.0 Å². The van der Waals surface area contributed by atoms with Gasteiger partial charge in [-0.25, -0.2) is 19.7 Å². The number of ether oxygens (including phenoxy) is 4. The van der Waals surface area contributed by atoms with Crippen molar-refractivity contribution in [1.29, 1.82) is 0 Å². The average Bonchev–Trinajstić information content (AvgIpc) is 3.73. The number of carbonyl (C=O) groups excluding carboxylic acids is 1. The van der Waals surface area contributed by atoms with Gasteiger partial charge in [-0.15, -0.1) is 0 Å². The Bertz CT molecular complexity index is 1880. The molecule has 0 aliphatic carbocycles. The number of alkyl halides is 3. The molecule has 16 heteroatoms. The van der Waals surface area contributed by atoms with E-state index in [1.54, 1.807) is 19.1 Å². The highest BCUT2D eigenvalue weighted by Crippen LogP contribution is 2.36. The van der Waals surface area contributed by atoms with Crippen molar-refractivity contribution in [3.05, 3.63) is 40.3 Å². The van der Waals surface area contributed by atoms with Crippen LogP contribution in [0.1, 0.15) is 31.4 Å². The third-order valence-electron chi connectivity index (χ3n) is 8.64. The molecule has 2 aromatic carbocycles. The lowest BCUT2D eigenvalue weighted by Crippen LogP contribution is -2.41. The fraction of sp³-hybridized carbons (Fsp3) is 0.469. The molecule has 13 nitrogen and oxygen atoms in total. The Morgan fingerprint density at radius 1 is 1.00 bits per heavy atom. The van der Waals surface area contributed by atoms with Crippen molar-refractivity contribution >= 4 is 39.7 Å². The number of carbonyl (C=O) groups is 1. The number of benzene rings is 2. The van der Waals surface area contributed by atoms with Gasteiger partial charge in [-0.05, 0) is 70.4 Å². The summed E-state index contributed by atoms with van der Waals surface area (Å²) in [6.45, 7) is 6.42. The summed E-state index contributed by atoms with van der Waals surface area (Å²) in [6.07, 6.45) is -0.799. The minimum Gasteiger partial charge on any atom is -0.493 e. The number of nitrogens with zero attached hydrogens (tertiary/aromatic N) is 5. The van der Waals surface area contributed by atoms with Crippen molar-refractivity contribution in [2.75, 3.05) is 58.9 Å². The topological polar surface area (TPSA) is 144 Å². The fourth-order valence-electron chi connectivity index (χ4n) is 6.31. The predicted molar refractivity (Wildman–Crippen MR) is 170 cm³/mol. The van der Waals surface area contributed by atoms with E-state index in [2.05, 4.69) is 35.1 Å². The molecular weight excluding hydrogens is 635 g/mol. The average molecular weight is 672 g/mol. The van der Waals surface area contributed by atoms with Crippen LogP contribution in [0, 0.1) is 6.92 Å². The number of aromatic nitrogens is 4. The Balaban J connectivity index is 1.26. The first-order valence-electron chi connectivity index (χ1n) is 15.7. The van der Waals surface area contributed by atoms with E-state index in [1.165, 1.54) is 39.2 Å². The molecular formula is C32H36F3N7O6. The number of H-pyrrole nitrogens is 1. The Hall–Kier alpha value is -4.70. The van der Waals surface area contributed by atoms with Crippen molar-refractivity contribution in [2.45, 2.75) is 44.8 Å². The first-order chi connectivity index (χ1) is 23.0. The zero-order chi connectivity index (χ0) is 34.0. The van der Waals surface area contributed by atoms with Gasteiger partial charge in [0.15, 0.2) is 23.0 Å². The molecule has 2 saturated heterocycles. The molecule has 1 atom stereocenters. The third-order valence-corrected chi connectivity index (χ3v) is 8.64. The number of likely N-dealkylation sites (tertiary alicyclic amines) is 2. The Kier molecular flexibility index (Phi) is 9.55. The predicted octanol–water partition coefficient (Wildman–Crippen LogP) is 4.34. The smallest absolute Gasteiger partial charge is 0.491 e. The molecule has 2 aromatic heterocycles. The molecule has 48 heavy (non-hydrogen) atoms. The molecule has 0 spiro atoms. The van der Waals surface area contributed by atoms with Crippen LogP contribution in [-0.2, 0) is 4.79 Å². The normalized spacial score (nSPS) is 17.2. The van der Waals surface area contributed by atoms with Crippen LogP contribution in [0.4, 0.5) is 25.1 Å². The molecule has 0 saturated carbocycles. The second-order valence-corrected chi connectivity index (χ2v) is 11.8. The first-order valence-corrected chi connectivity index (χ1v) is 15.7. The standard InChI is InChI=1S/C32H36F3N7O6/c1-18-20-15-24(45-2)25(46-3)16-22(20)38-30(36-18)40-31-37-21-8-9-23(27(26(21)28(43)39-31)48-29(44)32(33,34)35)47-14-13-42-12-6-7-19(42)17-41-10-4-5-11-41/h8-9,15-16,19H,4-7,10-14,17H2,1-3H3,(H2,36,37,38,39,40,43). The molecule has 4 heterocycles. The summed E-state index contributed by atoms with van der Waals surface area (Å²) in [6, 6.07) is 6.52. The maximum Gasteiger partial charge on any atom is 0.491 e. The summed E-state index contributed by atoms with van der Waals surface area (Å²) in [5, 5.41) is 3.17. The zero-order valence-electron chi connectivity index (χ0n) is 26.8. The second kappa shape index (κ2) is 13.8.